The van der Waals surface area contributed by atoms with Crippen LogP contribution in [0.4, 0.5) is 11.5 Å². The second-order valence-corrected chi connectivity index (χ2v) is 4.55. The Bertz CT molecular complexity index is 554. The fraction of sp³-hybridized carbons (Fsp3) is 0.267. The van der Waals surface area contributed by atoms with Gasteiger partial charge in [0.05, 0.1) is 12.3 Å². The molecule has 3 rings (SSSR count). The maximum absolute atomic E-state index is 5.76. The molecule has 0 amide bonds. The average Bonchev–Trinajstić information content (AvgIpc) is 2.70. The highest BCUT2D eigenvalue weighted by atomic mass is 16.5. The summed E-state index contributed by atoms with van der Waals surface area (Å²) in [6, 6.07) is 12.1. The van der Waals surface area contributed by atoms with Crippen molar-refractivity contribution in [3.63, 3.8) is 0 Å². The zero-order valence-electron chi connectivity index (χ0n) is 10.7. The van der Waals surface area contributed by atoms with Crippen LogP contribution in [0, 0.1) is 0 Å². The number of rotatable bonds is 2. The fourth-order valence-corrected chi connectivity index (χ4v) is 2.26. The van der Waals surface area contributed by atoms with Crippen molar-refractivity contribution in [2.24, 2.45) is 5.73 Å². The summed E-state index contributed by atoms with van der Waals surface area (Å²) in [5.41, 5.74) is 7.73. The first-order valence-corrected chi connectivity index (χ1v) is 6.53. The van der Waals surface area contributed by atoms with Crippen LogP contribution in [0.1, 0.15) is 12.0 Å². The molecule has 1 aliphatic heterocycles. The molecule has 1 aliphatic rings. The van der Waals surface area contributed by atoms with Gasteiger partial charge in [-0.3, -0.25) is 0 Å². The van der Waals surface area contributed by atoms with Gasteiger partial charge in [0.15, 0.2) is 0 Å². The lowest BCUT2D eigenvalue weighted by molar-refractivity contribution is 0.322. The Balaban J connectivity index is 1.99. The van der Waals surface area contributed by atoms with Gasteiger partial charge in [0.2, 0.25) is 0 Å². The first kappa shape index (κ1) is 12.0. The van der Waals surface area contributed by atoms with Crippen LogP contribution in [0.5, 0.6) is 5.75 Å². The molecule has 2 heterocycles. The lowest BCUT2D eigenvalue weighted by Crippen LogP contribution is -2.18. The number of nitrogens with zero attached hydrogens (tertiary/aromatic N) is 2. The average molecular weight is 255 g/mol. The Kier molecular flexibility index (Phi) is 3.33. The Morgan fingerprint density at radius 1 is 1.21 bits per heavy atom. The quantitative estimate of drug-likeness (QED) is 0.895. The van der Waals surface area contributed by atoms with Gasteiger partial charge in [-0.25, -0.2) is 4.98 Å². The van der Waals surface area contributed by atoms with Crippen molar-refractivity contribution < 1.29 is 4.74 Å². The van der Waals surface area contributed by atoms with Crippen LogP contribution in [0.3, 0.4) is 0 Å². The third kappa shape index (κ3) is 2.39. The molecule has 0 spiro atoms. The van der Waals surface area contributed by atoms with Crippen molar-refractivity contribution in [1.82, 2.24) is 4.98 Å². The van der Waals surface area contributed by atoms with E-state index in [1.165, 1.54) is 0 Å². The van der Waals surface area contributed by atoms with E-state index < -0.39 is 0 Å². The molecule has 4 heteroatoms. The molecule has 0 radical (unpaired) electrons. The number of fused-ring (bicyclic) bond motifs is 1. The monoisotopic (exact) mass is 255 g/mol. The summed E-state index contributed by atoms with van der Waals surface area (Å²) in [5.74, 6) is 1.86. The third-order valence-corrected chi connectivity index (χ3v) is 3.26. The van der Waals surface area contributed by atoms with Crippen LogP contribution >= 0.6 is 0 Å². The van der Waals surface area contributed by atoms with E-state index >= 15 is 0 Å². The van der Waals surface area contributed by atoms with E-state index in [-0.39, 0.29) is 0 Å². The highest BCUT2D eigenvalue weighted by Gasteiger charge is 2.17. The number of ether oxygens (including phenoxy) is 1. The van der Waals surface area contributed by atoms with Crippen LogP contribution in [0.15, 0.2) is 42.6 Å². The Hall–Kier alpha value is -2.07. The summed E-state index contributed by atoms with van der Waals surface area (Å²) >= 11 is 0. The SMILES string of the molecule is NCc1ccc(N2CCCOc3ccccc32)nc1. The van der Waals surface area contributed by atoms with E-state index in [0.29, 0.717) is 6.54 Å². The minimum Gasteiger partial charge on any atom is -0.491 e. The minimum absolute atomic E-state index is 0.521. The second-order valence-electron chi connectivity index (χ2n) is 4.55. The van der Waals surface area contributed by atoms with Gasteiger partial charge in [0.25, 0.3) is 0 Å². The summed E-state index contributed by atoms with van der Waals surface area (Å²) in [6.07, 6.45) is 2.82. The van der Waals surface area contributed by atoms with Crippen LogP contribution in [0.25, 0.3) is 0 Å². The zero-order valence-corrected chi connectivity index (χ0v) is 10.7. The Morgan fingerprint density at radius 2 is 2.11 bits per heavy atom. The van der Waals surface area contributed by atoms with Crippen LogP contribution in [0.2, 0.25) is 0 Å². The molecule has 0 aliphatic carbocycles. The van der Waals surface area contributed by atoms with Crippen molar-refractivity contribution in [2.75, 3.05) is 18.1 Å². The molecule has 1 aromatic heterocycles. The number of anilines is 2. The summed E-state index contributed by atoms with van der Waals surface area (Å²) in [6.45, 7) is 2.17. The third-order valence-electron chi connectivity index (χ3n) is 3.26. The second kappa shape index (κ2) is 5.28. The summed E-state index contributed by atoms with van der Waals surface area (Å²) < 4.78 is 5.76. The lowest BCUT2D eigenvalue weighted by atomic mass is 10.2. The molecule has 2 N–H and O–H groups in total. The van der Waals surface area contributed by atoms with E-state index in [4.69, 9.17) is 10.5 Å². The lowest BCUT2D eigenvalue weighted by Gasteiger charge is -2.22. The number of para-hydroxylation sites is 2. The van der Waals surface area contributed by atoms with Crippen LogP contribution in [-0.2, 0) is 6.54 Å². The van der Waals surface area contributed by atoms with Gasteiger partial charge in [-0.15, -0.1) is 0 Å². The highest BCUT2D eigenvalue weighted by Crippen LogP contribution is 2.34. The van der Waals surface area contributed by atoms with Gasteiger partial charge in [0, 0.05) is 19.3 Å². The normalized spacial score (nSPS) is 14.5. The molecule has 19 heavy (non-hydrogen) atoms. The van der Waals surface area contributed by atoms with Crippen LogP contribution in [-0.4, -0.2) is 18.1 Å². The zero-order chi connectivity index (χ0) is 13.1. The van der Waals surface area contributed by atoms with Gasteiger partial charge in [-0.05, 0) is 30.2 Å². The Labute approximate surface area is 112 Å². The molecule has 0 saturated carbocycles. The summed E-state index contributed by atoms with van der Waals surface area (Å²) in [4.78, 5) is 6.70. The van der Waals surface area contributed by atoms with E-state index in [9.17, 15) is 0 Å². The number of nitrogens with two attached hydrogens (primary N) is 1. The van der Waals surface area contributed by atoms with Gasteiger partial charge >= 0.3 is 0 Å². The molecule has 0 saturated heterocycles. The van der Waals surface area contributed by atoms with E-state index in [1.807, 2.05) is 36.5 Å². The van der Waals surface area contributed by atoms with Gasteiger partial charge in [-0.1, -0.05) is 18.2 Å². The minimum atomic E-state index is 0.521. The summed E-state index contributed by atoms with van der Waals surface area (Å²) in [7, 11) is 0. The molecule has 0 bridgehead atoms. The molecule has 0 fully saturated rings. The molecule has 0 atom stereocenters. The van der Waals surface area contributed by atoms with Crippen molar-refractivity contribution in [3.8, 4) is 5.75 Å². The van der Waals surface area contributed by atoms with E-state index in [1.54, 1.807) is 0 Å². The Morgan fingerprint density at radius 3 is 2.89 bits per heavy atom. The number of pyridine rings is 1. The summed E-state index contributed by atoms with van der Waals surface area (Å²) in [5, 5.41) is 0. The molecule has 4 nitrogen and oxygen atoms in total. The van der Waals surface area contributed by atoms with Gasteiger partial charge in [0.1, 0.15) is 11.6 Å². The number of benzene rings is 1. The van der Waals surface area contributed by atoms with Crippen molar-refractivity contribution in [2.45, 2.75) is 13.0 Å². The van der Waals surface area contributed by atoms with Crippen LogP contribution < -0.4 is 15.4 Å². The molecular weight excluding hydrogens is 238 g/mol. The molecular formula is C15H17N3O. The smallest absolute Gasteiger partial charge is 0.142 e. The maximum Gasteiger partial charge on any atom is 0.142 e. The van der Waals surface area contributed by atoms with Crippen molar-refractivity contribution in [1.29, 1.82) is 0 Å². The van der Waals surface area contributed by atoms with Gasteiger partial charge in [-0.2, -0.15) is 0 Å². The highest BCUT2D eigenvalue weighted by molar-refractivity contribution is 5.67. The van der Waals surface area contributed by atoms with E-state index in [2.05, 4.69) is 16.0 Å². The molecule has 98 valence electrons. The number of aromatic nitrogens is 1. The van der Waals surface area contributed by atoms with Gasteiger partial charge < -0.3 is 15.4 Å². The first-order chi connectivity index (χ1) is 9.38. The van der Waals surface area contributed by atoms with Crippen molar-refractivity contribution in [3.05, 3.63) is 48.2 Å². The maximum atomic E-state index is 5.76. The molecule has 2 aromatic rings. The molecule has 0 unspecified atom stereocenters. The molecule has 1 aromatic carbocycles. The largest absolute Gasteiger partial charge is 0.491 e. The van der Waals surface area contributed by atoms with Crippen molar-refractivity contribution >= 4 is 11.5 Å². The predicted octanol–water partition coefficient (Wildman–Crippen LogP) is 2.46. The topological polar surface area (TPSA) is 51.4 Å². The fourth-order valence-electron chi connectivity index (χ4n) is 2.26. The number of hydrogen-bond acceptors (Lipinski definition) is 4. The predicted molar refractivity (Wildman–Crippen MR) is 75.7 cm³/mol. The van der Waals surface area contributed by atoms with E-state index in [0.717, 1.165) is 42.4 Å². The number of hydrogen-bond donors (Lipinski definition) is 1. The standard InChI is InChI=1S/C15H17N3O/c16-10-12-6-7-15(17-11-12)18-8-3-9-19-14-5-2-1-4-13(14)18/h1-2,4-7,11H,3,8-10,16H2. The first-order valence-electron chi connectivity index (χ1n) is 6.53.